The highest BCUT2D eigenvalue weighted by Gasteiger charge is 2.19. The summed E-state index contributed by atoms with van der Waals surface area (Å²) in [5, 5.41) is 0. The third-order valence-electron chi connectivity index (χ3n) is 2.56. The van der Waals surface area contributed by atoms with Crippen molar-refractivity contribution >= 4 is 6.29 Å². The molecule has 1 aliphatic rings. The molecule has 1 aliphatic carbocycles. The lowest BCUT2D eigenvalue weighted by molar-refractivity contribution is -0.109. The second-order valence-corrected chi connectivity index (χ2v) is 3.28. The van der Waals surface area contributed by atoms with Crippen LogP contribution in [0.3, 0.4) is 0 Å². The number of ether oxygens (including phenoxy) is 1. The van der Waals surface area contributed by atoms with Crippen molar-refractivity contribution in [3.63, 3.8) is 0 Å². The summed E-state index contributed by atoms with van der Waals surface area (Å²) in [7, 11) is 1.77. The van der Waals surface area contributed by atoms with E-state index in [-0.39, 0.29) is 0 Å². The van der Waals surface area contributed by atoms with E-state index in [0.29, 0.717) is 12.0 Å². The van der Waals surface area contributed by atoms with E-state index >= 15 is 0 Å². The van der Waals surface area contributed by atoms with Gasteiger partial charge in [-0.05, 0) is 31.6 Å². The van der Waals surface area contributed by atoms with Gasteiger partial charge in [-0.15, -0.1) is 0 Å². The Morgan fingerprint density at radius 3 is 2.45 bits per heavy atom. The van der Waals surface area contributed by atoms with E-state index < -0.39 is 0 Å². The molecular weight excluding hydrogens is 140 g/mol. The standard InChI is InChI=1S/C9H16O2/c1-11-9-4-2-8(3-5-9)6-7-10/h7-9H,2-6H2,1H3. The van der Waals surface area contributed by atoms with E-state index in [2.05, 4.69) is 0 Å². The van der Waals surface area contributed by atoms with E-state index in [1.54, 1.807) is 7.11 Å². The van der Waals surface area contributed by atoms with Gasteiger partial charge in [0.2, 0.25) is 0 Å². The molecule has 0 spiro atoms. The molecule has 64 valence electrons. The number of rotatable bonds is 3. The molecule has 0 aromatic heterocycles. The summed E-state index contributed by atoms with van der Waals surface area (Å²) in [5.74, 6) is 0.638. The highest BCUT2D eigenvalue weighted by Crippen LogP contribution is 2.27. The first kappa shape index (κ1) is 8.72. The van der Waals surface area contributed by atoms with E-state index in [0.717, 1.165) is 38.4 Å². The lowest BCUT2D eigenvalue weighted by Gasteiger charge is -2.26. The normalized spacial score (nSPS) is 31.7. The fourth-order valence-corrected chi connectivity index (χ4v) is 1.74. The Labute approximate surface area is 67.9 Å². The molecule has 0 aromatic rings. The molecule has 0 bridgehead atoms. The molecule has 0 N–H and O–H groups in total. The van der Waals surface area contributed by atoms with Gasteiger partial charge in [-0.25, -0.2) is 0 Å². The van der Waals surface area contributed by atoms with Crippen LogP contribution in [0.4, 0.5) is 0 Å². The van der Waals surface area contributed by atoms with Crippen LogP contribution in [0.5, 0.6) is 0 Å². The molecule has 2 heteroatoms. The van der Waals surface area contributed by atoms with E-state index in [1.807, 2.05) is 0 Å². The second-order valence-electron chi connectivity index (χ2n) is 3.28. The molecule has 0 aliphatic heterocycles. The summed E-state index contributed by atoms with van der Waals surface area (Å²) in [6.45, 7) is 0. The maximum atomic E-state index is 10.2. The van der Waals surface area contributed by atoms with Gasteiger partial charge in [-0.1, -0.05) is 0 Å². The first-order valence-corrected chi connectivity index (χ1v) is 4.33. The van der Waals surface area contributed by atoms with E-state index in [1.165, 1.54) is 0 Å². The van der Waals surface area contributed by atoms with Crippen molar-refractivity contribution in [2.75, 3.05) is 7.11 Å². The van der Waals surface area contributed by atoms with E-state index in [9.17, 15) is 4.79 Å². The third kappa shape index (κ3) is 2.62. The molecular formula is C9H16O2. The molecule has 1 fully saturated rings. The zero-order chi connectivity index (χ0) is 8.10. The Morgan fingerprint density at radius 1 is 1.36 bits per heavy atom. The predicted octanol–water partition coefficient (Wildman–Crippen LogP) is 1.78. The van der Waals surface area contributed by atoms with Gasteiger partial charge in [-0.3, -0.25) is 0 Å². The summed E-state index contributed by atoms with van der Waals surface area (Å²) in [6, 6.07) is 0. The Morgan fingerprint density at radius 2 is 2.00 bits per heavy atom. The van der Waals surface area contributed by atoms with Crippen LogP contribution in [-0.2, 0) is 9.53 Å². The molecule has 0 heterocycles. The fraction of sp³-hybridized carbons (Fsp3) is 0.889. The van der Waals surface area contributed by atoms with Gasteiger partial charge in [0.25, 0.3) is 0 Å². The number of carbonyl (C=O) groups excluding carboxylic acids is 1. The number of carbonyl (C=O) groups is 1. The first-order valence-electron chi connectivity index (χ1n) is 4.33. The monoisotopic (exact) mass is 156 g/mol. The Bertz CT molecular complexity index is 115. The number of methoxy groups -OCH3 is 1. The van der Waals surface area contributed by atoms with E-state index in [4.69, 9.17) is 4.74 Å². The summed E-state index contributed by atoms with van der Waals surface area (Å²) < 4.78 is 5.23. The summed E-state index contributed by atoms with van der Waals surface area (Å²) in [5.41, 5.74) is 0. The van der Waals surface area contributed by atoms with Crippen molar-refractivity contribution < 1.29 is 9.53 Å². The highest BCUT2D eigenvalue weighted by atomic mass is 16.5. The molecule has 0 amide bonds. The number of hydrogen-bond acceptors (Lipinski definition) is 2. The largest absolute Gasteiger partial charge is 0.381 e. The van der Waals surface area contributed by atoms with Crippen LogP contribution < -0.4 is 0 Å². The van der Waals surface area contributed by atoms with Crippen molar-refractivity contribution in [3.05, 3.63) is 0 Å². The van der Waals surface area contributed by atoms with Gasteiger partial charge in [0, 0.05) is 13.5 Å². The molecule has 0 radical (unpaired) electrons. The number of aldehydes is 1. The molecule has 11 heavy (non-hydrogen) atoms. The minimum Gasteiger partial charge on any atom is -0.381 e. The predicted molar refractivity (Wildman–Crippen MR) is 43.4 cm³/mol. The zero-order valence-electron chi connectivity index (χ0n) is 7.08. The summed E-state index contributed by atoms with van der Waals surface area (Å²) in [4.78, 5) is 10.2. The van der Waals surface area contributed by atoms with Crippen LogP contribution >= 0.6 is 0 Å². The van der Waals surface area contributed by atoms with Gasteiger partial charge in [0.15, 0.2) is 0 Å². The number of hydrogen-bond donors (Lipinski definition) is 0. The average molecular weight is 156 g/mol. The quantitative estimate of drug-likeness (QED) is 0.582. The first-order chi connectivity index (χ1) is 5.36. The fourth-order valence-electron chi connectivity index (χ4n) is 1.74. The molecule has 0 aromatic carbocycles. The molecule has 0 atom stereocenters. The Kier molecular flexibility index (Phi) is 3.57. The Hall–Kier alpha value is -0.370. The van der Waals surface area contributed by atoms with Gasteiger partial charge >= 0.3 is 0 Å². The minimum absolute atomic E-state index is 0.456. The maximum Gasteiger partial charge on any atom is 0.120 e. The molecule has 1 rings (SSSR count). The Balaban J connectivity index is 2.18. The third-order valence-corrected chi connectivity index (χ3v) is 2.56. The van der Waals surface area contributed by atoms with Crippen LogP contribution in [0.15, 0.2) is 0 Å². The summed E-state index contributed by atoms with van der Waals surface area (Å²) >= 11 is 0. The van der Waals surface area contributed by atoms with Crippen molar-refractivity contribution in [1.82, 2.24) is 0 Å². The van der Waals surface area contributed by atoms with Crippen molar-refractivity contribution in [3.8, 4) is 0 Å². The van der Waals surface area contributed by atoms with Crippen molar-refractivity contribution in [2.24, 2.45) is 5.92 Å². The molecule has 2 nitrogen and oxygen atoms in total. The van der Waals surface area contributed by atoms with Gasteiger partial charge in [0.1, 0.15) is 6.29 Å². The highest BCUT2D eigenvalue weighted by molar-refractivity contribution is 5.49. The molecule has 0 saturated heterocycles. The molecule has 0 unspecified atom stereocenters. The maximum absolute atomic E-state index is 10.2. The van der Waals surface area contributed by atoms with Crippen LogP contribution in [0, 0.1) is 5.92 Å². The van der Waals surface area contributed by atoms with Crippen LogP contribution in [-0.4, -0.2) is 19.5 Å². The lowest BCUT2D eigenvalue weighted by atomic mass is 9.86. The zero-order valence-corrected chi connectivity index (χ0v) is 7.08. The average Bonchev–Trinajstić information content (AvgIpc) is 2.07. The summed E-state index contributed by atoms with van der Waals surface area (Å²) in [6.07, 6.45) is 6.84. The molecule has 1 saturated carbocycles. The minimum atomic E-state index is 0.456. The smallest absolute Gasteiger partial charge is 0.120 e. The van der Waals surface area contributed by atoms with Crippen molar-refractivity contribution in [1.29, 1.82) is 0 Å². The lowest BCUT2D eigenvalue weighted by Crippen LogP contribution is -2.20. The topological polar surface area (TPSA) is 26.3 Å². The van der Waals surface area contributed by atoms with Crippen LogP contribution in [0.1, 0.15) is 32.1 Å². The second kappa shape index (κ2) is 4.50. The van der Waals surface area contributed by atoms with Crippen LogP contribution in [0.2, 0.25) is 0 Å². The SMILES string of the molecule is COC1CCC(CC=O)CC1. The van der Waals surface area contributed by atoms with Crippen molar-refractivity contribution in [2.45, 2.75) is 38.2 Å². The van der Waals surface area contributed by atoms with Gasteiger partial charge < -0.3 is 9.53 Å². The van der Waals surface area contributed by atoms with Gasteiger partial charge in [-0.2, -0.15) is 0 Å². The van der Waals surface area contributed by atoms with Crippen LogP contribution in [0.25, 0.3) is 0 Å². The van der Waals surface area contributed by atoms with Gasteiger partial charge in [0.05, 0.1) is 6.10 Å².